The molecule has 0 spiro atoms. The number of nitrogens with zero attached hydrogens (tertiary/aromatic N) is 1. The largest absolute Gasteiger partial charge is 0.332 e. The van der Waals surface area contributed by atoms with E-state index in [0.717, 1.165) is 18.4 Å². The minimum atomic E-state index is 0.251. The van der Waals surface area contributed by atoms with Crippen molar-refractivity contribution in [1.82, 2.24) is 4.90 Å². The van der Waals surface area contributed by atoms with Crippen molar-refractivity contribution in [2.75, 3.05) is 0 Å². The average molecular weight is 267 g/mol. The molecule has 2 heterocycles. The highest BCUT2D eigenvalue weighted by molar-refractivity contribution is 5.95. The first-order chi connectivity index (χ1) is 9.72. The number of amides is 1. The second kappa shape index (κ2) is 4.47. The Morgan fingerprint density at radius 1 is 1.10 bits per heavy atom. The summed E-state index contributed by atoms with van der Waals surface area (Å²) in [6.45, 7) is 2.05. The highest BCUT2D eigenvalue weighted by Crippen LogP contribution is 2.45. The van der Waals surface area contributed by atoms with Gasteiger partial charge in [0.1, 0.15) is 0 Å². The number of carbonyl (C=O) groups excluding carboxylic acids is 1. The van der Waals surface area contributed by atoms with Gasteiger partial charge in [-0.2, -0.15) is 0 Å². The van der Waals surface area contributed by atoms with Crippen molar-refractivity contribution < 1.29 is 4.79 Å². The van der Waals surface area contributed by atoms with Crippen LogP contribution in [-0.2, 0) is 0 Å². The van der Waals surface area contributed by atoms with Crippen LogP contribution >= 0.6 is 0 Å². The van der Waals surface area contributed by atoms with Gasteiger partial charge < -0.3 is 4.90 Å². The number of aryl methyl sites for hydroxylation is 1. The van der Waals surface area contributed by atoms with Crippen molar-refractivity contribution in [3.05, 3.63) is 46.5 Å². The van der Waals surface area contributed by atoms with Crippen LogP contribution in [0.25, 0.3) is 0 Å². The predicted octanol–water partition coefficient (Wildman–Crippen LogP) is 3.85. The topological polar surface area (TPSA) is 20.3 Å². The van der Waals surface area contributed by atoms with Crippen LogP contribution in [0.15, 0.2) is 35.4 Å². The molecule has 3 fully saturated rings. The maximum absolute atomic E-state index is 12.8. The Kier molecular flexibility index (Phi) is 2.73. The molecular formula is C18H21NO. The van der Waals surface area contributed by atoms with Gasteiger partial charge in [-0.25, -0.2) is 0 Å². The van der Waals surface area contributed by atoms with Crippen molar-refractivity contribution in [2.45, 2.75) is 57.5 Å². The molecule has 0 radical (unpaired) electrons. The number of carbonyl (C=O) groups is 1. The number of fused-ring (bicyclic) bond motifs is 2. The normalized spacial score (nSPS) is 27.9. The van der Waals surface area contributed by atoms with Gasteiger partial charge in [-0.3, -0.25) is 4.79 Å². The number of hydrogen-bond acceptors (Lipinski definition) is 1. The molecule has 2 unspecified atom stereocenters. The van der Waals surface area contributed by atoms with Gasteiger partial charge in [0.25, 0.3) is 5.91 Å². The van der Waals surface area contributed by atoms with Crippen LogP contribution < -0.4 is 0 Å². The molecule has 2 aliphatic heterocycles. The minimum absolute atomic E-state index is 0.251. The third-order valence-corrected chi connectivity index (χ3v) is 5.08. The molecule has 4 rings (SSSR count). The molecule has 1 aromatic rings. The van der Waals surface area contributed by atoms with E-state index in [1.807, 2.05) is 18.2 Å². The molecule has 2 heteroatoms. The summed E-state index contributed by atoms with van der Waals surface area (Å²) >= 11 is 0. The van der Waals surface area contributed by atoms with E-state index in [2.05, 4.69) is 17.9 Å². The van der Waals surface area contributed by atoms with Gasteiger partial charge in [-0.1, -0.05) is 28.8 Å². The second-order valence-corrected chi connectivity index (χ2v) is 6.58. The lowest BCUT2D eigenvalue weighted by molar-refractivity contribution is 0.0634. The lowest BCUT2D eigenvalue weighted by atomic mass is 9.95. The standard InChI is InChI=1S/C18H21NO/c1-12-3-2-4-14(9-12)18(20)19-16-7-8-17(19)11-15(10-16)13-5-6-13/h2-4,9,16-17H,5-8,10-11H2,1H3. The first-order valence-electron chi connectivity index (χ1n) is 7.81. The molecule has 2 nitrogen and oxygen atoms in total. The Bertz CT molecular complexity index is 579. The van der Waals surface area contributed by atoms with E-state index in [9.17, 15) is 4.79 Å². The summed E-state index contributed by atoms with van der Waals surface area (Å²) in [5.74, 6) is 0.251. The fourth-order valence-corrected chi connectivity index (χ4v) is 3.98. The summed E-state index contributed by atoms with van der Waals surface area (Å²) in [6.07, 6.45) is 7.31. The lowest BCUT2D eigenvalue weighted by Gasteiger charge is -2.36. The van der Waals surface area contributed by atoms with Gasteiger partial charge in [0, 0.05) is 17.6 Å². The van der Waals surface area contributed by atoms with E-state index in [1.54, 1.807) is 11.1 Å². The number of rotatable bonds is 1. The fraction of sp³-hybridized carbons (Fsp3) is 0.500. The maximum atomic E-state index is 12.8. The van der Waals surface area contributed by atoms with E-state index in [-0.39, 0.29) is 5.91 Å². The maximum Gasteiger partial charge on any atom is 0.254 e. The zero-order valence-electron chi connectivity index (χ0n) is 12.1. The van der Waals surface area contributed by atoms with E-state index in [0.29, 0.717) is 12.1 Å². The smallest absolute Gasteiger partial charge is 0.254 e. The second-order valence-electron chi connectivity index (χ2n) is 6.58. The summed E-state index contributed by atoms with van der Waals surface area (Å²) in [6, 6.07) is 8.96. The number of hydrogen-bond donors (Lipinski definition) is 0. The predicted molar refractivity (Wildman–Crippen MR) is 79.7 cm³/mol. The quantitative estimate of drug-likeness (QED) is 0.708. The molecule has 3 aliphatic rings. The molecule has 1 aliphatic carbocycles. The Balaban J connectivity index is 1.60. The average Bonchev–Trinajstić information content (AvgIpc) is 3.24. The van der Waals surface area contributed by atoms with Gasteiger partial charge in [0.15, 0.2) is 0 Å². The highest BCUT2D eigenvalue weighted by Gasteiger charge is 2.42. The van der Waals surface area contributed by atoms with E-state index < -0.39 is 0 Å². The molecule has 0 N–H and O–H groups in total. The van der Waals surface area contributed by atoms with Crippen LogP contribution in [-0.4, -0.2) is 22.9 Å². The van der Waals surface area contributed by atoms with E-state index in [1.165, 1.54) is 31.2 Å². The molecule has 20 heavy (non-hydrogen) atoms. The Labute approximate surface area is 120 Å². The summed E-state index contributed by atoms with van der Waals surface area (Å²) in [5, 5.41) is 0. The van der Waals surface area contributed by atoms with Crippen molar-refractivity contribution in [2.24, 2.45) is 0 Å². The molecule has 2 saturated heterocycles. The zero-order valence-corrected chi connectivity index (χ0v) is 12.1. The van der Waals surface area contributed by atoms with Crippen LogP contribution in [0.1, 0.15) is 54.4 Å². The molecule has 2 atom stereocenters. The van der Waals surface area contributed by atoms with Gasteiger partial charge in [-0.05, 0) is 57.6 Å². The zero-order chi connectivity index (χ0) is 13.7. The number of piperidine rings is 1. The molecular weight excluding hydrogens is 246 g/mol. The highest BCUT2D eigenvalue weighted by atomic mass is 16.2. The van der Waals surface area contributed by atoms with Crippen molar-refractivity contribution in [1.29, 1.82) is 0 Å². The SMILES string of the molecule is Cc1cccc(C(=O)N2C3CCC2CC(=C2CC2)C3)c1. The monoisotopic (exact) mass is 267 g/mol. The Morgan fingerprint density at radius 3 is 2.40 bits per heavy atom. The molecule has 1 amide bonds. The third kappa shape index (κ3) is 1.98. The van der Waals surface area contributed by atoms with Gasteiger partial charge in [0.05, 0.1) is 0 Å². The molecule has 2 bridgehead atoms. The molecule has 104 valence electrons. The summed E-state index contributed by atoms with van der Waals surface area (Å²) < 4.78 is 0. The molecule has 1 saturated carbocycles. The van der Waals surface area contributed by atoms with Crippen LogP contribution in [0.2, 0.25) is 0 Å². The minimum Gasteiger partial charge on any atom is -0.332 e. The Morgan fingerprint density at radius 2 is 1.80 bits per heavy atom. The fourth-order valence-electron chi connectivity index (χ4n) is 3.98. The summed E-state index contributed by atoms with van der Waals surface area (Å²) in [5.41, 5.74) is 5.42. The van der Waals surface area contributed by atoms with E-state index in [4.69, 9.17) is 0 Å². The van der Waals surface area contributed by atoms with Crippen LogP contribution in [0.4, 0.5) is 0 Å². The number of allylic oxidation sites excluding steroid dienone is 1. The number of benzene rings is 1. The van der Waals surface area contributed by atoms with Crippen molar-refractivity contribution in [3.8, 4) is 0 Å². The van der Waals surface area contributed by atoms with Crippen LogP contribution in [0.3, 0.4) is 0 Å². The van der Waals surface area contributed by atoms with Crippen molar-refractivity contribution >= 4 is 5.91 Å². The summed E-state index contributed by atoms with van der Waals surface area (Å²) in [7, 11) is 0. The van der Waals surface area contributed by atoms with Gasteiger partial charge >= 0.3 is 0 Å². The first kappa shape index (κ1) is 12.2. The first-order valence-corrected chi connectivity index (χ1v) is 7.81. The van der Waals surface area contributed by atoms with Crippen LogP contribution in [0.5, 0.6) is 0 Å². The van der Waals surface area contributed by atoms with Gasteiger partial charge in [0.2, 0.25) is 0 Å². The van der Waals surface area contributed by atoms with E-state index >= 15 is 0 Å². The van der Waals surface area contributed by atoms with Crippen molar-refractivity contribution in [3.63, 3.8) is 0 Å². The summed E-state index contributed by atoms with van der Waals surface area (Å²) in [4.78, 5) is 15.0. The van der Waals surface area contributed by atoms with Gasteiger partial charge in [-0.15, -0.1) is 0 Å². The molecule has 1 aromatic carbocycles. The Hall–Kier alpha value is -1.57. The lowest BCUT2D eigenvalue weighted by Crippen LogP contribution is -2.44. The third-order valence-electron chi connectivity index (χ3n) is 5.08. The molecule has 0 aromatic heterocycles. The van der Waals surface area contributed by atoms with Crippen LogP contribution in [0, 0.1) is 6.92 Å².